The maximum Gasteiger partial charge on any atom is 0.164 e. The van der Waals surface area contributed by atoms with Crippen molar-refractivity contribution in [2.45, 2.75) is 50.8 Å². The van der Waals surface area contributed by atoms with E-state index < -0.39 is 17.8 Å². The predicted molar refractivity (Wildman–Crippen MR) is 111 cm³/mol. The molecule has 5 rings (SSSR count). The van der Waals surface area contributed by atoms with E-state index in [1.54, 1.807) is 6.07 Å². The third-order valence-corrected chi connectivity index (χ3v) is 6.00. The molecule has 7 nitrogen and oxygen atoms in total. The Labute approximate surface area is 188 Å². The molecule has 0 spiro atoms. The van der Waals surface area contributed by atoms with Crippen LogP contribution in [0.4, 0.5) is 4.39 Å². The number of aromatic nitrogens is 3. The first-order chi connectivity index (χ1) is 14.8. The Morgan fingerprint density at radius 3 is 2.77 bits per heavy atom. The molecule has 3 aromatic rings. The minimum atomic E-state index is -0.759. The van der Waals surface area contributed by atoms with Crippen molar-refractivity contribution in [2.24, 2.45) is 0 Å². The minimum absolute atomic E-state index is 0.0788. The molecule has 2 fully saturated rings. The summed E-state index contributed by atoms with van der Waals surface area (Å²) >= 11 is 11.9. The highest BCUT2D eigenvalue weighted by Crippen LogP contribution is 2.44. The molecule has 0 unspecified atom stereocenters. The molecule has 0 saturated carbocycles. The van der Waals surface area contributed by atoms with Crippen LogP contribution in [-0.2, 0) is 25.6 Å². The topological polar surface area (TPSA) is 67.6 Å². The Morgan fingerprint density at radius 1 is 1.16 bits per heavy atom. The molecular formula is C21H20Cl2FN3O4. The number of fused-ring (bicyclic) bond motifs is 2. The van der Waals surface area contributed by atoms with Crippen molar-refractivity contribution in [2.75, 3.05) is 6.61 Å². The van der Waals surface area contributed by atoms with Crippen molar-refractivity contribution in [1.82, 2.24) is 14.5 Å². The molecule has 2 aromatic heterocycles. The van der Waals surface area contributed by atoms with Crippen LogP contribution in [-0.4, -0.2) is 45.2 Å². The summed E-state index contributed by atoms with van der Waals surface area (Å²) in [5.74, 6) is -1.24. The van der Waals surface area contributed by atoms with Crippen molar-refractivity contribution < 1.29 is 23.3 Å². The minimum Gasteiger partial charge on any atom is -0.374 e. The van der Waals surface area contributed by atoms with Crippen LogP contribution < -0.4 is 0 Å². The number of benzene rings is 1. The molecule has 2 saturated heterocycles. The van der Waals surface area contributed by atoms with Gasteiger partial charge in [0.15, 0.2) is 12.0 Å². The summed E-state index contributed by atoms with van der Waals surface area (Å²) in [6.45, 7) is 4.19. The van der Waals surface area contributed by atoms with Gasteiger partial charge in [-0.05, 0) is 37.6 Å². The first-order valence-corrected chi connectivity index (χ1v) is 10.6. The third-order valence-electron chi connectivity index (χ3n) is 5.39. The maximum atomic E-state index is 13.7. The summed E-state index contributed by atoms with van der Waals surface area (Å²) in [5.41, 5.74) is 1.33. The second-order valence-corrected chi connectivity index (χ2v) is 8.78. The number of ether oxygens (including phenoxy) is 4. The molecule has 0 aliphatic carbocycles. The Bertz CT molecular complexity index is 1130. The molecule has 1 aromatic carbocycles. The molecule has 4 atom stereocenters. The lowest BCUT2D eigenvalue weighted by Crippen LogP contribution is -2.32. The van der Waals surface area contributed by atoms with Gasteiger partial charge in [0.2, 0.25) is 0 Å². The van der Waals surface area contributed by atoms with Crippen molar-refractivity contribution in [1.29, 1.82) is 0 Å². The Hall–Kier alpha value is -1.81. The average Bonchev–Trinajstić information content (AvgIpc) is 3.37. The van der Waals surface area contributed by atoms with E-state index in [1.807, 2.05) is 30.7 Å². The fraction of sp³-hybridized carbons (Fsp3) is 0.429. The number of rotatable bonds is 5. The van der Waals surface area contributed by atoms with Gasteiger partial charge in [-0.3, -0.25) is 0 Å². The number of halogens is 3. The molecule has 0 bridgehead atoms. The standard InChI is InChI=1S/C21H20Cl2FN3O4/c1-21(2)30-16-15(9-28-8-11-3-4-13(22)14(24)7-11)29-20(17(16)31-21)27-6-5-12-18(23)25-10-26-19(12)27/h3-7,10,15-17,20H,8-9H2,1-2H3/t15-,16-,17-,20-/m1/s1. The number of hydrogen-bond donors (Lipinski definition) is 0. The van der Waals surface area contributed by atoms with Gasteiger partial charge in [0, 0.05) is 6.20 Å². The highest BCUT2D eigenvalue weighted by molar-refractivity contribution is 6.33. The summed E-state index contributed by atoms with van der Waals surface area (Å²) in [6, 6.07) is 6.43. The van der Waals surface area contributed by atoms with Gasteiger partial charge < -0.3 is 23.5 Å². The molecular weight excluding hydrogens is 448 g/mol. The summed E-state index contributed by atoms with van der Waals surface area (Å²) < 4.78 is 39.9. The molecule has 2 aliphatic rings. The first-order valence-electron chi connectivity index (χ1n) is 9.82. The quantitative estimate of drug-likeness (QED) is 0.514. The van der Waals surface area contributed by atoms with Crippen LogP contribution in [0.2, 0.25) is 10.2 Å². The van der Waals surface area contributed by atoms with Gasteiger partial charge in [-0.15, -0.1) is 0 Å². The molecule has 10 heteroatoms. The van der Waals surface area contributed by atoms with Crippen LogP contribution in [0.15, 0.2) is 36.8 Å². The monoisotopic (exact) mass is 467 g/mol. The summed E-state index contributed by atoms with van der Waals surface area (Å²) in [5, 5.41) is 1.18. The molecule has 0 radical (unpaired) electrons. The smallest absolute Gasteiger partial charge is 0.164 e. The average molecular weight is 468 g/mol. The van der Waals surface area contributed by atoms with Crippen LogP contribution in [0.25, 0.3) is 11.0 Å². The van der Waals surface area contributed by atoms with E-state index in [9.17, 15) is 4.39 Å². The zero-order valence-corrected chi connectivity index (χ0v) is 18.3. The zero-order chi connectivity index (χ0) is 21.8. The van der Waals surface area contributed by atoms with Gasteiger partial charge in [-0.2, -0.15) is 0 Å². The van der Waals surface area contributed by atoms with E-state index in [2.05, 4.69) is 9.97 Å². The van der Waals surface area contributed by atoms with Gasteiger partial charge in [0.25, 0.3) is 0 Å². The van der Waals surface area contributed by atoms with Crippen LogP contribution >= 0.6 is 23.2 Å². The van der Waals surface area contributed by atoms with E-state index in [0.717, 1.165) is 5.39 Å². The van der Waals surface area contributed by atoms with Crippen molar-refractivity contribution in [3.63, 3.8) is 0 Å². The van der Waals surface area contributed by atoms with Crippen LogP contribution in [0, 0.1) is 5.82 Å². The highest BCUT2D eigenvalue weighted by atomic mass is 35.5. The lowest BCUT2D eigenvalue weighted by Gasteiger charge is -2.25. The van der Waals surface area contributed by atoms with Gasteiger partial charge in [-0.1, -0.05) is 29.3 Å². The summed E-state index contributed by atoms with van der Waals surface area (Å²) in [6.07, 6.45) is 1.70. The Balaban J connectivity index is 1.35. The van der Waals surface area contributed by atoms with Crippen LogP contribution in [0.5, 0.6) is 0 Å². The first kappa shape index (κ1) is 21.1. The van der Waals surface area contributed by atoms with Crippen molar-refractivity contribution in [3.8, 4) is 0 Å². The van der Waals surface area contributed by atoms with E-state index >= 15 is 0 Å². The van der Waals surface area contributed by atoms with Gasteiger partial charge >= 0.3 is 0 Å². The van der Waals surface area contributed by atoms with E-state index in [4.69, 9.17) is 42.1 Å². The molecule has 0 N–H and O–H groups in total. The Kier molecular flexibility index (Phi) is 5.40. The third kappa shape index (κ3) is 3.92. The van der Waals surface area contributed by atoms with Gasteiger partial charge in [0.05, 0.1) is 23.6 Å². The number of nitrogens with zero attached hydrogens (tertiary/aromatic N) is 3. The largest absolute Gasteiger partial charge is 0.374 e. The van der Waals surface area contributed by atoms with E-state index in [0.29, 0.717) is 16.4 Å². The molecule has 31 heavy (non-hydrogen) atoms. The SMILES string of the molecule is CC1(C)O[C@@H]2[C@H](O1)[C@@H](COCc1ccc(Cl)c(F)c1)O[C@H]2n1ccc2c(Cl)ncnc21. The van der Waals surface area contributed by atoms with Crippen LogP contribution in [0.3, 0.4) is 0 Å². The molecule has 4 heterocycles. The predicted octanol–water partition coefficient (Wildman–Crippen LogP) is 4.51. The van der Waals surface area contributed by atoms with E-state index in [-0.39, 0.29) is 36.5 Å². The summed E-state index contributed by atoms with van der Waals surface area (Å²) in [4.78, 5) is 8.37. The van der Waals surface area contributed by atoms with Crippen LogP contribution in [0.1, 0.15) is 25.6 Å². The molecule has 164 valence electrons. The lowest BCUT2D eigenvalue weighted by atomic mass is 10.1. The highest BCUT2D eigenvalue weighted by Gasteiger charge is 2.56. The fourth-order valence-electron chi connectivity index (χ4n) is 4.08. The van der Waals surface area contributed by atoms with Crippen molar-refractivity contribution >= 4 is 34.2 Å². The summed E-state index contributed by atoms with van der Waals surface area (Å²) in [7, 11) is 0. The fourth-order valence-corrected chi connectivity index (χ4v) is 4.39. The molecule has 2 aliphatic heterocycles. The normalized spacial score (nSPS) is 27.1. The maximum absolute atomic E-state index is 13.7. The zero-order valence-electron chi connectivity index (χ0n) is 16.8. The van der Waals surface area contributed by atoms with Gasteiger partial charge in [-0.25, -0.2) is 14.4 Å². The van der Waals surface area contributed by atoms with Gasteiger partial charge in [0.1, 0.15) is 41.3 Å². The number of hydrogen-bond acceptors (Lipinski definition) is 6. The van der Waals surface area contributed by atoms with Crippen molar-refractivity contribution in [3.05, 3.63) is 58.3 Å². The van der Waals surface area contributed by atoms with E-state index in [1.165, 1.54) is 18.5 Å². The Morgan fingerprint density at radius 2 is 1.97 bits per heavy atom. The second kappa shape index (κ2) is 7.95. The molecule has 0 amide bonds. The lowest BCUT2D eigenvalue weighted by molar-refractivity contribution is -0.202. The second-order valence-electron chi connectivity index (χ2n) is 8.02.